The first-order valence-corrected chi connectivity index (χ1v) is 10.9. The number of carbonyl (C=O) groups is 2. The number of carbonyl (C=O) groups excluding carboxylic acids is 2. The Balaban J connectivity index is 1.90. The summed E-state index contributed by atoms with van der Waals surface area (Å²) >= 11 is 11.9. The van der Waals surface area contributed by atoms with Crippen LogP contribution in [0.4, 0.5) is 4.39 Å². The summed E-state index contributed by atoms with van der Waals surface area (Å²) in [5.41, 5.74) is 0.737. The highest BCUT2D eigenvalue weighted by atomic mass is 35.5. The fourth-order valence-corrected chi connectivity index (χ4v) is 3.39. The standard InChI is InChI=1S/C23H28Cl2FN3O3/c1-14(32-17-6-8-19(24)20(25)12-17)9-22(30)28-13-16(29(3)4)10-15-5-7-18(21(26)11-15)23(31)27-2/h5-8,11-12,14,16H,9-10,13H2,1-4H3,(H,27,31)(H,28,30). The van der Waals surface area contributed by atoms with Gasteiger partial charge in [-0.1, -0.05) is 29.3 Å². The third-order valence-electron chi connectivity index (χ3n) is 4.94. The molecule has 0 bridgehead atoms. The minimum absolute atomic E-state index is 0.00178. The summed E-state index contributed by atoms with van der Waals surface area (Å²) in [5, 5.41) is 6.14. The molecule has 0 aliphatic carbocycles. The van der Waals surface area contributed by atoms with Crippen molar-refractivity contribution in [1.82, 2.24) is 15.5 Å². The number of ether oxygens (including phenoxy) is 1. The van der Waals surface area contributed by atoms with Gasteiger partial charge in [-0.05, 0) is 57.3 Å². The van der Waals surface area contributed by atoms with Crippen LogP contribution in [0.5, 0.6) is 5.75 Å². The Morgan fingerprint density at radius 2 is 1.84 bits per heavy atom. The van der Waals surface area contributed by atoms with Crippen molar-refractivity contribution in [2.45, 2.75) is 31.9 Å². The lowest BCUT2D eigenvalue weighted by Gasteiger charge is -2.25. The Kier molecular flexibility index (Phi) is 9.75. The van der Waals surface area contributed by atoms with Crippen LogP contribution >= 0.6 is 23.2 Å². The molecule has 0 spiro atoms. The molecule has 0 aliphatic heterocycles. The van der Waals surface area contributed by atoms with Gasteiger partial charge in [-0.25, -0.2) is 4.39 Å². The molecule has 0 radical (unpaired) electrons. The van der Waals surface area contributed by atoms with Crippen molar-refractivity contribution in [2.24, 2.45) is 0 Å². The van der Waals surface area contributed by atoms with Gasteiger partial charge in [-0.2, -0.15) is 0 Å². The van der Waals surface area contributed by atoms with Gasteiger partial charge in [0, 0.05) is 25.7 Å². The molecular formula is C23H28Cl2FN3O3. The highest BCUT2D eigenvalue weighted by Gasteiger charge is 2.18. The minimum atomic E-state index is -0.573. The molecule has 2 aromatic rings. The van der Waals surface area contributed by atoms with Gasteiger partial charge in [-0.15, -0.1) is 0 Å². The van der Waals surface area contributed by atoms with E-state index in [9.17, 15) is 14.0 Å². The second-order valence-electron chi connectivity index (χ2n) is 7.73. The molecule has 0 fully saturated rings. The Labute approximate surface area is 198 Å². The van der Waals surface area contributed by atoms with E-state index < -0.39 is 11.7 Å². The lowest BCUT2D eigenvalue weighted by molar-refractivity contribution is -0.122. The van der Waals surface area contributed by atoms with Gasteiger partial charge in [0.15, 0.2) is 0 Å². The van der Waals surface area contributed by atoms with Gasteiger partial charge in [0.2, 0.25) is 5.91 Å². The smallest absolute Gasteiger partial charge is 0.253 e. The van der Waals surface area contributed by atoms with Gasteiger partial charge < -0.3 is 20.3 Å². The van der Waals surface area contributed by atoms with Gasteiger partial charge >= 0.3 is 0 Å². The van der Waals surface area contributed by atoms with E-state index in [-0.39, 0.29) is 30.0 Å². The van der Waals surface area contributed by atoms with E-state index in [1.54, 1.807) is 31.2 Å². The lowest BCUT2D eigenvalue weighted by Crippen LogP contribution is -2.42. The first-order chi connectivity index (χ1) is 15.1. The summed E-state index contributed by atoms with van der Waals surface area (Å²) in [5.74, 6) is -0.669. The lowest BCUT2D eigenvalue weighted by atomic mass is 10.0. The molecule has 0 aliphatic rings. The molecule has 174 valence electrons. The third kappa shape index (κ3) is 7.65. The number of nitrogens with one attached hydrogen (secondary N) is 2. The summed E-state index contributed by atoms with van der Waals surface area (Å²) in [6.07, 6.45) is 0.306. The molecule has 0 saturated heterocycles. The summed E-state index contributed by atoms with van der Waals surface area (Å²) in [7, 11) is 5.24. The Bertz CT molecular complexity index is 956. The largest absolute Gasteiger partial charge is 0.490 e. The number of rotatable bonds is 10. The highest BCUT2D eigenvalue weighted by molar-refractivity contribution is 6.42. The Hall–Kier alpha value is -2.35. The fourth-order valence-electron chi connectivity index (χ4n) is 3.10. The number of likely N-dealkylation sites (N-methyl/N-ethyl adjacent to an activating group) is 1. The van der Waals surface area contributed by atoms with Gasteiger partial charge in [-0.3, -0.25) is 9.59 Å². The van der Waals surface area contributed by atoms with Crippen molar-refractivity contribution >= 4 is 35.0 Å². The van der Waals surface area contributed by atoms with Crippen LogP contribution in [-0.2, 0) is 11.2 Å². The monoisotopic (exact) mass is 483 g/mol. The van der Waals surface area contributed by atoms with Gasteiger partial charge in [0.25, 0.3) is 5.91 Å². The van der Waals surface area contributed by atoms with Crippen LogP contribution in [0.15, 0.2) is 36.4 Å². The number of hydrogen-bond donors (Lipinski definition) is 2. The predicted octanol–water partition coefficient (Wildman–Crippen LogP) is 3.94. The molecule has 2 unspecified atom stereocenters. The predicted molar refractivity (Wildman–Crippen MR) is 125 cm³/mol. The van der Waals surface area contributed by atoms with E-state index in [1.807, 2.05) is 19.0 Å². The third-order valence-corrected chi connectivity index (χ3v) is 5.68. The highest BCUT2D eigenvalue weighted by Crippen LogP contribution is 2.27. The molecule has 0 heterocycles. The van der Waals surface area contributed by atoms with Crippen LogP contribution in [0.1, 0.15) is 29.3 Å². The number of halogens is 3. The van der Waals surface area contributed by atoms with Crippen LogP contribution < -0.4 is 15.4 Å². The molecule has 2 rings (SSSR count). The quantitative estimate of drug-likeness (QED) is 0.536. The van der Waals surface area contributed by atoms with Gasteiger partial charge in [0.1, 0.15) is 17.7 Å². The second-order valence-corrected chi connectivity index (χ2v) is 8.54. The van der Waals surface area contributed by atoms with E-state index in [4.69, 9.17) is 27.9 Å². The molecule has 2 amide bonds. The number of hydrogen-bond acceptors (Lipinski definition) is 4. The average Bonchev–Trinajstić information content (AvgIpc) is 2.73. The molecule has 0 aromatic heterocycles. The topological polar surface area (TPSA) is 70.7 Å². The zero-order chi connectivity index (χ0) is 23.8. The SMILES string of the molecule is CNC(=O)c1ccc(CC(CNC(=O)CC(C)Oc2ccc(Cl)c(Cl)c2)N(C)C)cc1F. The van der Waals surface area contributed by atoms with Crippen molar-refractivity contribution in [3.63, 3.8) is 0 Å². The summed E-state index contributed by atoms with van der Waals surface area (Å²) in [4.78, 5) is 26.0. The Morgan fingerprint density at radius 3 is 2.44 bits per heavy atom. The second kappa shape index (κ2) is 12.0. The normalized spacial score (nSPS) is 12.9. The molecule has 2 N–H and O–H groups in total. The molecule has 6 nitrogen and oxygen atoms in total. The van der Waals surface area contributed by atoms with E-state index >= 15 is 0 Å². The molecule has 32 heavy (non-hydrogen) atoms. The van der Waals surface area contributed by atoms with Gasteiger partial charge in [0.05, 0.1) is 22.0 Å². The first kappa shape index (κ1) is 25.9. The number of nitrogens with zero attached hydrogens (tertiary/aromatic N) is 1. The van der Waals surface area contributed by atoms with Crippen LogP contribution in [0, 0.1) is 5.82 Å². The van der Waals surface area contributed by atoms with Crippen molar-refractivity contribution < 1.29 is 18.7 Å². The first-order valence-electron chi connectivity index (χ1n) is 10.2. The van der Waals surface area contributed by atoms with E-state index in [2.05, 4.69) is 10.6 Å². The molecule has 0 saturated carbocycles. The summed E-state index contributed by atoms with van der Waals surface area (Å²) in [6, 6.07) is 9.42. The van der Waals surface area contributed by atoms with Crippen molar-refractivity contribution in [3.05, 3.63) is 63.4 Å². The van der Waals surface area contributed by atoms with Crippen LogP contribution in [0.2, 0.25) is 10.0 Å². The number of amides is 2. The summed E-state index contributed by atoms with van der Waals surface area (Å²) in [6.45, 7) is 2.17. The van der Waals surface area contributed by atoms with Crippen LogP contribution in [0.3, 0.4) is 0 Å². The zero-order valence-electron chi connectivity index (χ0n) is 18.5. The van der Waals surface area contributed by atoms with Crippen molar-refractivity contribution in [1.29, 1.82) is 0 Å². The number of benzene rings is 2. The Morgan fingerprint density at radius 1 is 1.12 bits per heavy atom. The van der Waals surface area contributed by atoms with Crippen LogP contribution in [-0.4, -0.2) is 56.5 Å². The van der Waals surface area contributed by atoms with E-state index in [0.717, 1.165) is 5.56 Å². The zero-order valence-corrected chi connectivity index (χ0v) is 20.1. The maximum Gasteiger partial charge on any atom is 0.253 e. The molecule has 9 heteroatoms. The van der Waals surface area contributed by atoms with Crippen molar-refractivity contribution in [3.8, 4) is 5.75 Å². The molecule has 2 atom stereocenters. The van der Waals surface area contributed by atoms with E-state index in [0.29, 0.717) is 28.8 Å². The fraction of sp³-hybridized carbons (Fsp3) is 0.391. The maximum atomic E-state index is 14.2. The maximum absolute atomic E-state index is 14.2. The molecular weight excluding hydrogens is 456 g/mol. The summed E-state index contributed by atoms with van der Waals surface area (Å²) < 4.78 is 20.0. The molecule has 2 aromatic carbocycles. The average molecular weight is 484 g/mol. The van der Waals surface area contributed by atoms with Crippen molar-refractivity contribution in [2.75, 3.05) is 27.7 Å². The van der Waals surface area contributed by atoms with Crippen LogP contribution in [0.25, 0.3) is 0 Å². The van der Waals surface area contributed by atoms with E-state index in [1.165, 1.54) is 19.2 Å². The minimum Gasteiger partial charge on any atom is -0.490 e.